The predicted molar refractivity (Wildman–Crippen MR) is 71.9 cm³/mol. The van der Waals surface area contributed by atoms with Crippen molar-refractivity contribution < 1.29 is 4.79 Å². The highest BCUT2D eigenvalue weighted by molar-refractivity contribution is 7.12. The molecule has 2 rings (SSSR count). The first-order chi connectivity index (χ1) is 8.09. The second-order valence-corrected chi connectivity index (χ2v) is 5.88. The van der Waals surface area contributed by atoms with Crippen LogP contribution >= 0.6 is 22.9 Å². The standard InChI is InChI=1S/C12H17ClN2OS/c1-14-6-3-4-9(14)8-15(2)12(16)11-10(13)5-7-17-11/h5,7,9H,3-4,6,8H2,1-2H3. The molecule has 1 amide bonds. The van der Waals surface area contributed by atoms with Crippen LogP contribution in [0.1, 0.15) is 22.5 Å². The van der Waals surface area contributed by atoms with Crippen LogP contribution in [0.4, 0.5) is 0 Å². The van der Waals surface area contributed by atoms with E-state index in [1.807, 2.05) is 12.4 Å². The fourth-order valence-electron chi connectivity index (χ4n) is 2.23. The summed E-state index contributed by atoms with van der Waals surface area (Å²) < 4.78 is 0. The molecule has 2 heterocycles. The first kappa shape index (κ1) is 12.9. The molecule has 1 aromatic rings. The normalized spacial score (nSPS) is 20.8. The van der Waals surface area contributed by atoms with Gasteiger partial charge in [0.05, 0.1) is 5.02 Å². The fourth-order valence-corrected chi connectivity index (χ4v) is 3.36. The molecule has 1 unspecified atom stereocenters. The van der Waals surface area contributed by atoms with E-state index >= 15 is 0 Å². The van der Waals surface area contributed by atoms with E-state index in [1.54, 1.807) is 11.0 Å². The van der Waals surface area contributed by atoms with E-state index in [1.165, 1.54) is 24.2 Å². The van der Waals surface area contributed by atoms with Gasteiger partial charge in [0.2, 0.25) is 0 Å². The highest BCUT2D eigenvalue weighted by Crippen LogP contribution is 2.24. The van der Waals surface area contributed by atoms with Crippen LogP contribution in [-0.4, -0.2) is 48.9 Å². The van der Waals surface area contributed by atoms with Gasteiger partial charge < -0.3 is 9.80 Å². The summed E-state index contributed by atoms with van der Waals surface area (Å²) in [4.78, 5) is 16.9. The van der Waals surface area contributed by atoms with E-state index < -0.39 is 0 Å². The van der Waals surface area contributed by atoms with E-state index in [0.717, 1.165) is 13.1 Å². The molecule has 0 aliphatic carbocycles. The number of amides is 1. The number of hydrogen-bond acceptors (Lipinski definition) is 3. The molecule has 5 heteroatoms. The minimum Gasteiger partial charge on any atom is -0.339 e. The number of thiophene rings is 1. The maximum Gasteiger partial charge on any atom is 0.265 e. The molecule has 1 fully saturated rings. The molecule has 0 radical (unpaired) electrons. The van der Waals surface area contributed by atoms with Crippen LogP contribution in [0.3, 0.4) is 0 Å². The summed E-state index contributed by atoms with van der Waals surface area (Å²) in [7, 11) is 3.97. The molecule has 0 saturated carbocycles. The number of likely N-dealkylation sites (tertiary alicyclic amines) is 1. The van der Waals surface area contributed by atoms with Crippen molar-refractivity contribution in [3.63, 3.8) is 0 Å². The van der Waals surface area contributed by atoms with Crippen molar-refractivity contribution in [2.45, 2.75) is 18.9 Å². The van der Waals surface area contributed by atoms with Gasteiger partial charge in [-0.15, -0.1) is 11.3 Å². The van der Waals surface area contributed by atoms with Gasteiger partial charge in [0.15, 0.2) is 0 Å². The molecule has 1 aliphatic rings. The van der Waals surface area contributed by atoms with E-state index in [-0.39, 0.29) is 5.91 Å². The number of hydrogen-bond donors (Lipinski definition) is 0. The van der Waals surface area contributed by atoms with Gasteiger partial charge in [0.1, 0.15) is 4.88 Å². The Bertz CT molecular complexity index is 407. The molecule has 0 N–H and O–H groups in total. The van der Waals surface area contributed by atoms with Gasteiger partial charge in [0, 0.05) is 19.6 Å². The Labute approximate surface area is 111 Å². The molecule has 0 aromatic carbocycles. The van der Waals surface area contributed by atoms with Crippen LogP contribution in [-0.2, 0) is 0 Å². The highest BCUT2D eigenvalue weighted by atomic mass is 35.5. The summed E-state index contributed by atoms with van der Waals surface area (Å²) in [5.74, 6) is 0.0327. The molecular weight excluding hydrogens is 256 g/mol. The number of likely N-dealkylation sites (N-methyl/N-ethyl adjacent to an activating group) is 2. The third-order valence-electron chi connectivity index (χ3n) is 3.31. The molecule has 94 valence electrons. The topological polar surface area (TPSA) is 23.6 Å². The number of carbonyl (C=O) groups is 1. The summed E-state index contributed by atoms with van der Waals surface area (Å²) in [5.41, 5.74) is 0. The predicted octanol–water partition coefficient (Wildman–Crippen LogP) is 2.57. The number of rotatable bonds is 3. The zero-order chi connectivity index (χ0) is 12.4. The van der Waals surface area contributed by atoms with Gasteiger partial charge >= 0.3 is 0 Å². The molecule has 1 aromatic heterocycles. The Kier molecular flexibility index (Phi) is 4.07. The van der Waals surface area contributed by atoms with Gasteiger partial charge in [-0.25, -0.2) is 0 Å². The van der Waals surface area contributed by atoms with Gasteiger partial charge in [-0.2, -0.15) is 0 Å². The summed E-state index contributed by atoms with van der Waals surface area (Å²) in [6.45, 7) is 1.91. The third-order valence-corrected chi connectivity index (χ3v) is 4.64. The minimum atomic E-state index is 0.0327. The highest BCUT2D eigenvalue weighted by Gasteiger charge is 2.25. The Balaban J connectivity index is 1.98. The largest absolute Gasteiger partial charge is 0.339 e. The molecule has 0 spiro atoms. The Morgan fingerprint density at radius 3 is 3.00 bits per heavy atom. The summed E-state index contributed by atoms with van der Waals surface area (Å²) in [6.07, 6.45) is 2.40. The minimum absolute atomic E-state index is 0.0327. The Hall–Kier alpha value is -0.580. The van der Waals surface area contributed by atoms with Crippen molar-refractivity contribution in [1.82, 2.24) is 9.80 Å². The van der Waals surface area contributed by atoms with Crippen LogP contribution in [0.15, 0.2) is 11.4 Å². The van der Waals surface area contributed by atoms with Crippen molar-refractivity contribution in [2.24, 2.45) is 0 Å². The smallest absolute Gasteiger partial charge is 0.265 e. The monoisotopic (exact) mass is 272 g/mol. The first-order valence-corrected chi connectivity index (χ1v) is 7.04. The van der Waals surface area contributed by atoms with Gasteiger partial charge in [0.25, 0.3) is 5.91 Å². The molecule has 1 saturated heterocycles. The number of halogens is 1. The van der Waals surface area contributed by atoms with Crippen LogP contribution in [0.2, 0.25) is 5.02 Å². The summed E-state index contributed by atoms with van der Waals surface area (Å²) in [5, 5.41) is 2.41. The van der Waals surface area contributed by atoms with Gasteiger partial charge in [-0.05, 0) is 37.9 Å². The van der Waals surface area contributed by atoms with Crippen molar-refractivity contribution in [2.75, 3.05) is 27.2 Å². The average molecular weight is 273 g/mol. The molecule has 0 bridgehead atoms. The van der Waals surface area contributed by atoms with Crippen LogP contribution < -0.4 is 0 Å². The zero-order valence-electron chi connectivity index (χ0n) is 10.1. The third kappa shape index (κ3) is 2.81. The number of nitrogens with zero attached hydrogens (tertiary/aromatic N) is 2. The Morgan fingerprint density at radius 1 is 1.71 bits per heavy atom. The maximum absolute atomic E-state index is 12.2. The van der Waals surface area contributed by atoms with Crippen molar-refractivity contribution >= 4 is 28.8 Å². The Morgan fingerprint density at radius 2 is 2.47 bits per heavy atom. The second kappa shape index (κ2) is 5.38. The molecule has 1 atom stereocenters. The van der Waals surface area contributed by atoms with Crippen LogP contribution in [0, 0.1) is 0 Å². The summed E-state index contributed by atoms with van der Waals surface area (Å²) in [6, 6.07) is 2.26. The lowest BCUT2D eigenvalue weighted by Crippen LogP contribution is -2.39. The van der Waals surface area contributed by atoms with Crippen molar-refractivity contribution in [3.8, 4) is 0 Å². The van der Waals surface area contributed by atoms with Gasteiger partial charge in [-0.3, -0.25) is 4.79 Å². The maximum atomic E-state index is 12.2. The molecule has 17 heavy (non-hydrogen) atoms. The van der Waals surface area contributed by atoms with E-state index in [0.29, 0.717) is 15.9 Å². The SMILES string of the molecule is CN(CC1CCCN1C)C(=O)c1sccc1Cl. The lowest BCUT2D eigenvalue weighted by Gasteiger charge is -2.25. The first-order valence-electron chi connectivity index (χ1n) is 5.78. The average Bonchev–Trinajstić information content (AvgIpc) is 2.88. The van der Waals surface area contributed by atoms with E-state index in [2.05, 4.69) is 11.9 Å². The van der Waals surface area contributed by atoms with E-state index in [9.17, 15) is 4.79 Å². The quantitative estimate of drug-likeness (QED) is 0.844. The lowest BCUT2D eigenvalue weighted by atomic mass is 10.2. The number of carbonyl (C=O) groups excluding carboxylic acids is 1. The molecule has 3 nitrogen and oxygen atoms in total. The second-order valence-electron chi connectivity index (χ2n) is 4.56. The molecular formula is C12H17ClN2OS. The van der Waals surface area contributed by atoms with Crippen LogP contribution in [0.25, 0.3) is 0 Å². The van der Waals surface area contributed by atoms with Gasteiger partial charge in [-0.1, -0.05) is 11.6 Å². The fraction of sp³-hybridized carbons (Fsp3) is 0.583. The molecule has 1 aliphatic heterocycles. The van der Waals surface area contributed by atoms with E-state index in [4.69, 9.17) is 11.6 Å². The zero-order valence-corrected chi connectivity index (χ0v) is 11.7. The summed E-state index contributed by atoms with van der Waals surface area (Å²) >= 11 is 7.38. The lowest BCUT2D eigenvalue weighted by molar-refractivity contribution is 0.0766. The van der Waals surface area contributed by atoms with Crippen LogP contribution in [0.5, 0.6) is 0 Å². The van der Waals surface area contributed by atoms with Crippen molar-refractivity contribution in [3.05, 3.63) is 21.3 Å². The van der Waals surface area contributed by atoms with Crippen molar-refractivity contribution in [1.29, 1.82) is 0 Å².